The predicted octanol–water partition coefficient (Wildman–Crippen LogP) is 4.63. The topological polar surface area (TPSA) is 38.7 Å². The average Bonchev–Trinajstić information content (AvgIpc) is 2.44. The molecule has 0 aromatic heterocycles. The van der Waals surface area contributed by atoms with Crippen LogP contribution in [-0.2, 0) is 12.8 Å². The summed E-state index contributed by atoms with van der Waals surface area (Å²) in [5.74, 6) is 0.168. The number of alkyl halides is 3. The third kappa shape index (κ3) is 4.31. The number of ether oxygens (including phenoxy) is 2. The molecule has 0 fully saturated rings. The maximum atomic E-state index is 12.9. The van der Waals surface area contributed by atoms with Crippen LogP contribution < -0.4 is 9.47 Å². The highest BCUT2D eigenvalue weighted by molar-refractivity contribution is 5.39. The summed E-state index contributed by atoms with van der Waals surface area (Å²) in [5, 5.41) is 9.28. The molecule has 0 saturated heterocycles. The van der Waals surface area contributed by atoms with Crippen molar-refractivity contribution in [3.8, 4) is 17.2 Å². The zero-order chi connectivity index (χ0) is 15.5. The Hall–Kier alpha value is -2.37. The van der Waals surface area contributed by atoms with Gasteiger partial charge in [0.1, 0.15) is 23.9 Å². The first-order valence-electron chi connectivity index (χ1n) is 6.06. The molecular weight excluding hydrogens is 297 g/mol. The Morgan fingerprint density at radius 3 is 2.41 bits per heavy atom. The van der Waals surface area contributed by atoms with Gasteiger partial charge in [0.05, 0.1) is 12.7 Å². The van der Waals surface area contributed by atoms with Gasteiger partial charge in [0.25, 0.3) is 0 Å². The molecule has 0 saturated carbocycles. The number of phenolic OH excluding ortho intramolecular Hbond substituents is 1. The van der Waals surface area contributed by atoms with E-state index in [4.69, 9.17) is 9.47 Å². The summed E-state index contributed by atoms with van der Waals surface area (Å²) in [5.41, 5.74) is -0.492. The number of hydrogen-bond acceptors (Lipinski definition) is 3. The van der Waals surface area contributed by atoms with E-state index in [-0.39, 0.29) is 25.5 Å². The molecule has 6 heteroatoms. The van der Waals surface area contributed by atoms with E-state index in [0.717, 1.165) is 6.07 Å². The SMILES string of the molecule is C.COc1ccc(COc2cccc(O)c2)cc1C(F)(F)F. The van der Waals surface area contributed by atoms with Crippen LogP contribution in [0.4, 0.5) is 13.2 Å². The van der Waals surface area contributed by atoms with Crippen molar-refractivity contribution in [2.45, 2.75) is 20.2 Å². The summed E-state index contributed by atoms with van der Waals surface area (Å²) in [6, 6.07) is 9.78. The van der Waals surface area contributed by atoms with E-state index in [1.54, 1.807) is 12.1 Å². The van der Waals surface area contributed by atoms with E-state index in [0.29, 0.717) is 11.3 Å². The minimum Gasteiger partial charge on any atom is -0.508 e. The number of halogens is 3. The highest BCUT2D eigenvalue weighted by atomic mass is 19.4. The van der Waals surface area contributed by atoms with Crippen LogP contribution in [0.3, 0.4) is 0 Å². The number of hydrogen-bond donors (Lipinski definition) is 1. The van der Waals surface area contributed by atoms with Gasteiger partial charge in [-0.15, -0.1) is 0 Å². The molecule has 0 amide bonds. The minimum absolute atomic E-state index is 0. The Kier molecular flexibility index (Phi) is 5.68. The van der Waals surface area contributed by atoms with Crippen LogP contribution in [0.5, 0.6) is 17.2 Å². The Morgan fingerprint density at radius 2 is 1.82 bits per heavy atom. The van der Waals surface area contributed by atoms with Crippen molar-refractivity contribution in [2.24, 2.45) is 0 Å². The summed E-state index contributed by atoms with van der Waals surface area (Å²) < 4.78 is 48.7. The summed E-state index contributed by atoms with van der Waals surface area (Å²) in [6.45, 7) is -0.0451. The minimum atomic E-state index is -4.49. The highest BCUT2D eigenvalue weighted by Crippen LogP contribution is 2.36. The second kappa shape index (κ2) is 7.06. The van der Waals surface area contributed by atoms with Crippen molar-refractivity contribution in [1.29, 1.82) is 0 Å². The fourth-order valence-electron chi connectivity index (χ4n) is 1.81. The molecule has 2 rings (SSSR count). The van der Waals surface area contributed by atoms with Crippen LogP contribution in [0.2, 0.25) is 0 Å². The smallest absolute Gasteiger partial charge is 0.419 e. The Morgan fingerprint density at radius 1 is 1.09 bits per heavy atom. The van der Waals surface area contributed by atoms with Crippen molar-refractivity contribution in [3.63, 3.8) is 0 Å². The maximum absolute atomic E-state index is 12.9. The lowest BCUT2D eigenvalue weighted by molar-refractivity contribution is -0.138. The van der Waals surface area contributed by atoms with Gasteiger partial charge in [0.15, 0.2) is 0 Å². The molecule has 0 radical (unpaired) electrons. The maximum Gasteiger partial charge on any atom is 0.419 e. The normalized spacial score (nSPS) is 10.7. The molecule has 120 valence electrons. The van der Waals surface area contributed by atoms with Crippen LogP contribution in [-0.4, -0.2) is 12.2 Å². The average molecular weight is 314 g/mol. The summed E-state index contributed by atoms with van der Waals surface area (Å²) in [6.07, 6.45) is -4.49. The third-order valence-corrected chi connectivity index (χ3v) is 2.79. The Labute approximate surface area is 126 Å². The van der Waals surface area contributed by atoms with Crippen molar-refractivity contribution in [2.75, 3.05) is 7.11 Å². The molecule has 0 unspecified atom stereocenters. The molecule has 0 aliphatic carbocycles. The van der Waals surface area contributed by atoms with E-state index in [1.807, 2.05) is 0 Å². The lowest BCUT2D eigenvalue weighted by atomic mass is 10.1. The van der Waals surface area contributed by atoms with E-state index < -0.39 is 11.7 Å². The van der Waals surface area contributed by atoms with Crippen molar-refractivity contribution >= 4 is 0 Å². The van der Waals surface area contributed by atoms with E-state index in [9.17, 15) is 18.3 Å². The van der Waals surface area contributed by atoms with Gasteiger partial charge >= 0.3 is 6.18 Å². The van der Waals surface area contributed by atoms with Crippen molar-refractivity contribution in [3.05, 3.63) is 53.6 Å². The molecular formula is C16H17F3O3. The van der Waals surface area contributed by atoms with E-state index in [2.05, 4.69) is 0 Å². The summed E-state index contributed by atoms with van der Waals surface area (Å²) >= 11 is 0. The van der Waals surface area contributed by atoms with Crippen LogP contribution >= 0.6 is 0 Å². The van der Waals surface area contributed by atoms with Gasteiger partial charge in [0, 0.05) is 6.07 Å². The Bertz CT molecular complexity index is 624. The lowest BCUT2D eigenvalue weighted by Crippen LogP contribution is -2.09. The monoisotopic (exact) mass is 314 g/mol. The van der Waals surface area contributed by atoms with Gasteiger partial charge in [-0.1, -0.05) is 19.6 Å². The number of methoxy groups -OCH3 is 1. The van der Waals surface area contributed by atoms with Gasteiger partial charge in [0.2, 0.25) is 0 Å². The number of benzene rings is 2. The van der Waals surface area contributed by atoms with Gasteiger partial charge < -0.3 is 14.6 Å². The molecule has 3 nitrogen and oxygen atoms in total. The summed E-state index contributed by atoms with van der Waals surface area (Å²) in [4.78, 5) is 0. The summed E-state index contributed by atoms with van der Waals surface area (Å²) in [7, 11) is 1.19. The van der Waals surface area contributed by atoms with Crippen LogP contribution in [0.25, 0.3) is 0 Å². The molecule has 0 spiro atoms. The largest absolute Gasteiger partial charge is 0.508 e. The molecule has 1 N–H and O–H groups in total. The highest BCUT2D eigenvalue weighted by Gasteiger charge is 2.34. The van der Waals surface area contributed by atoms with Gasteiger partial charge in [-0.3, -0.25) is 0 Å². The van der Waals surface area contributed by atoms with Crippen LogP contribution in [0.15, 0.2) is 42.5 Å². The quantitative estimate of drug-likeness (QED) is 0.894. The first kappa shape index (κ1) is 17.7. The molecule has 0 bridgehead atoms. The molecule has 2 aromatic rings. The molecule has 0 atom stereocenters. The van der Waals surface area contributed by atoms with Crippen LogP contribution in [0.1, 0.15) is 18.6 Å². The van der Waals surface area contributed by atoms with E-state index >= 15 is 0 Å². The number of rotatable bonds is 4. The van der Waals surface area contributed by atoms with Crippen LogP contribution in [0, 0.1) is 0 Å². The predicted molar refractivity (Wildman–Crippen MR) is 77.2 cm³/mol. The zero-order valence-corrected chi connectivity index (χ0v) is 11.1. The fraction of sp³-hybridized carbons (Fsp3) is 0.250. The Balaban J connectivity index is 0.00000242. The standard InChI is InChI=1S/C15H13F3O3.CH4/c1-20-14-6-5-10(7-13(14)15(16,17)18)9-21-12-4-2-3-11(19)8-12;/h2-8,19H,9H2,1H3;1H4. The zero-order valence-electron chi connectivity index (χ0n) is 11.1. The third-order valence-electron chi connectivity index (χ3n) is 2.79. The molecule has 0 aliphatic rings. The molecule has 2 aromatic carbocycles. The molecule has 22 heavy (non-hydrogen) atoms. The van der Waals surface area contributed by atoms with Gasteiger partial charge in [-0.2, -0.15) is 13.2 Å². The van der Waals surface area contributed by atoms with Gasteiger partial charge in [-0.05, 0) is 29.8 Å². The van der Waals surface area contributed by atoms with Crippen molar-refractivity contribution < 1.29 is 27.8 Å². The first-order chi connectivity index (χ1) is 9.90. The van der Waals surface area contributed by atoms with Gasteiger partial charge in [-0.25, -0.2) is 0 Å². The molecule has 0 aliphatic heterocycles. The fourth-order valence-corrected chi connectivity index (χ4v) is 1.81. The second-order valence-corrected chi connectivity index (χ2v) is 4.32. The van der Waals surface area contributed by atoms with E-state index in [1.165, 1.54) is 31.4 Å². The number of aromatic hydroxyl groups is 1. The second-order valence-electron chi connectivity index (χ2n) is 4.32. The van der Waals surface area contributed by atoms with Crippen molar-refractivity contribution in [1.82, 2.24) is 0 Å². The first-order valence-corrected chi connectivity index (χ1v) is 6.06. The molecule has 0 heterocycles. The lowest BCUT2D eigenvalue weighted by Gasteiger charge is -2.14. The number of phenols is 1.